The molecule has 0 spiro atoms. The molecule has 2 aliphatic heterocycles. The van der Waals surface area contributed by atoms with E-state index in [0.29, 0.717) is 11.0 Å². The number of ether oxygens (including phenoxy) is 1. The third-order valence-electron chi connectivity index (χ3n) is 5.50. The van der Waals surface area contributed by atoms with Gasteiger partial charge in [-0.25, -0.2) is 4.99 Å². The lowest BCUT2D eigenvalue weighted by molar-refractivity contribution is 0.0410. The number of aromatic nitrogens is 3. The highest BCUT2D eigenvalue weighted by molar-refractivity contribution is 7.07. The Labute approximate surface area is 160 Å². The number of aryl methyl sites for hydroxylation is 2. The zero-order valence-corrected chi connectivity index (χ0v) is 16.5. The van der Waals surface area contributed by atoms with Crippen LogP contribution in [0.15, 0.2) is 34.1 Å². The van der Waals surface area contributed by atoms with Gasteiger partial charge in [0.25, 0.3) is 5.56 Å². The van der Waals surface area contributed by atoms with Gasteiger partial charge < -0.3 is 4.74 Å². The number of hydrogen-bond acceptors (Lipinski definition) is 5. The van der Waals surface area contributed by atoms with Crippen LogP contribution in [0.1, 0.15) is 41.9 Å². The molecule has 0 saturated carbocycles. The summed E-state index contributed by atoms with van der Waals surface area (Å²) in [6.45, 7) is 5.97. The lowest BCUT2D eigenvalue weighted by atomic mass is 9.93. The Morgan fingerprint density at radius 3 is 2.85 bits per heavy atom. The summed E-state index contributed by atoms with van der Waals surface area (Å²) in [7, 11) is 1.92. The number of rotatable bonds is 1. The summed E-state index contributed by atoms with van der Waals surface area (Å²) in [4.78, 5) is 18.8. The first-order valence-corrected chi connectivity index (χ1v) is 9.79. The summed E-state index contributed by atoms with van der Waals surface area (Å²) >= 11 is 1.42. The average Bonchev–Trinajstić information content (AvgIpc) is 3.04. The molecule has 1 aromatic carbocycles. The normalized spacial score (nSPS) is 23.4. The van der Waals surface area contributed by atoms with Crippen LogP contribution in [0.4, 0.5) is 0 Å². The second kappa shape index (κ2) is 5.42. The van der Waals surface area contributed by atoms with Crippen molar-refractivity contribution in [2.24, 2.45) is 12.0 Å². The Morgan fingerprint density at radius 2 is 2.11 bits per heavy atom. The molecule has 0 unspecified atom stereocenters. The number of hydrogen-bond donors (Lipinski definition) is 0. The summed E-state index contributed by atoms with van der Waals surface area (Å²) in [5.74, 6) is 0.813. The number of para-hydroxylation sites is 1. The lowest BCUT2D eigenvalue weighted by Crippen LogP contribution is -2.49. The Morgan fingerprint density at radius 1 is 1.33 bits per heavy atom. The van der Waals surface area contributed by atoms with Gasteiger partial charge in [-0.05, 0) is 32.9 Å². The molecule has 7 heteroatoms. The van der Waals surface area contributed by atoms with Gasteiger partial charge in [0.15, 0.2) is 4.80 Å². The maximum Gasteiger partial charge on any atom is 0.270 e. The van der Waals surface area contributed by atoms with Gasteiger partial charge in [0.1, 0.15) is 5.75 Å². The smallest absolute Gasteiger partial charge is 0.270 e. The molecule has 3 aromatic rings. The average molecular weight is 380 g/mol. The van der Waals surface area contributed by atoms with Crippen LogP contribution in [0.3, 0.4) is 0 Å². The maximum absolute atomic E-state index is 13.3. The Kier molecular flexibility index (Phi) is 3.31. The molecule has 0 aliphatic carbocycles. The third kappa shape index (κ3) is 2.34. The van der Waals surface area contributed by atoms with E-state index in [2.05, 4.69) is 5.10 Å². The van der Waals surface area contributed by atoms with Crippen molar-refractivity contribution in [3.63, 3.8) is 0 Å². The molecule has 138 valence electrons. The van der Waals surface area contributed by atoms with E-state index in [9.17, 15) is 4.79 Å². The van der Waals surface area contributed by atoms with Crippen LogP contribution < -0.4 is 19.6 Å². The zero-order chi connectivity index (χ0) is 18.9. The molecule has 2 atom stereocenters. The molecule has 6 nitrogen and oxygen atoms in total. The summed E-state index contributed by atoms with van der Waals surface area (Å²) in [5, 5.41) is 4.45. The van der Waals surface area contributed by atoms with Gasteiger partial charge in [0.2, 0.25) is 5.72 Å². The second-order valence-electron chi connectivity index (χ2n) is 7.42. The number of fused-ring (bicyclic) bond motifs is 6. The highest BCUT2D eigenvalue weighted by Gasteiger charge is 2.42. The lowest BCUT2D eigenvalue weighted by Gasteiger charge is -2.39. The molecule has 27 heavy (non-hydrogen) atoms. The molecular formula is C20H20N4O2S. The van der Waals surface area contributed by atoms with Crippen LogP contribution in [0, 0.1) is 13.8 Å². The summed E-state index contributed by atoms with van der Waals surface area (Å²) < 4.78 is 10.5. The predicted octanol–water partition coefficient (Wildman–Crippen LogP) is 1.81. The molecule has 5 rings (SSSR count). The molecule has 2 aromatic heterocycles. The van der Waals surface area contributed by atoms with Crippen molar-refractivity contribution < 1.29 is 4.74 Å². The van der Waals surface area contributed by atoms with Crippen LogP contribution in [0.5, 0.6) is 5.75 Å². The standard InChI is InChI=1S/C20H20N4O2S/c1-11-14(12(2)23(4)22-11)9-17-18(25)24-15-10-20(3,21-19(24)27-17)26-16-8-6-5-7-13(15)16/h5-9,15H,10H2,1-4H3/b17-9-/t15-,20+/m0/s1. The molecule has 4 heterocycles. The van der Waals surface area contributed by atoms with Crippen molar-refractivity contribution in [3.05, 3.63) is 66.5 Å². The van der Waals surface area contributed by atoms with E-state index in [1.54, 1.807) is 0 Å². The van der Waals surface area contributed by atoms with Crippen molar-refractivity contribution in [1.82, 2.24) is 14.3 Å². The molecule has 0 radical (unpaired) electrons. The fourth-order valence-corrected chi connectivity index (χ4v) is 5.17. The van der Waals surface area contributed by atoms with E-state index in [1.807, 2.05) is 67.4 Å². The van der Waals surface area contributed by atoms with E-state index in [1.165, 1.54) is 11.3 Å². The van der Waals surface area contributed by atoms with E-state index >= 15 is 0 Å². The molecule has 2 aliphatic rings. The predicted molar refractivity (Wildman–Crippen MR) is 104 cm³/mol. The zero-order valence-electron chi connectivity index (χ0n) is 15.7. The molecule has 2 bridgehead atoms. The van der Waals surface area contributed by atoms with Crippen LogP contribution >= 0.6 is 11.3 Å². The van der Waals surface area contributed by atoms with Crippen molar-refractivity contribution in [1.29, 1.82) is 0 Å². The molecule has 0 N–H and O–H groups in total. The number of nitrogens with zero attached hydrogens (tertiary/aromatic N) is 4. The molecular weight excluding hydrogens is 360 g/mol. The number of benzene rings is 1. The van der Waals surface area contributed by atoms with Gasteiger partial charge in [-0.1, -0.05) is 29.5 Å². The van der Waals surface area contributed by atoms with Crippen molar-refractivity contribution in [2.45, 2.75) is 39.0 Å². The van der Waals surface area contributed by atoms with Gasteiger partial charge in [-0.15, -0.1) is 0 Å². The highest BCUT2D eigenvalue weighted by atomic mass is 32.1. The van der Waals surface area contributed by atoms with E-state index in [4.69, 9.17) is 9.73 Å². The molecule has 0 amide bonds. The van der Waals surface area contributed by atoms with E-state index in [-0.39, 0.29) is 11.6 Å². The Hall–Kier alpha value is -2.67. The van der Waals surface area contributed by atoms with Crippen molar-refractivity contribution in [2.75, 3.05) is 0 Å². The van der Waals surface area contributed by atoms with E-state index < -0.39 is 5.72 Å². The first-order valence-electron chi connectivity index (χ1n) is 8.97. The van der Waals surface area contributed by atoms with Crippen LogP contribution in [-0.2, 0) is 7.05 Å². The fourth-order valence-electron chi connectivity index (χ4n) is 4.07. The van der Waals surface area contributed by atoms with Gasteiger partial charge in [-0.2, -0.15) is 5.10 Å². The van der Waals surface area contributed by atoms with Crippen LogP contribution in [-0.4, -0.2) is 20.1 Å². The minimum absolute atomic E-state index is 0.00477. The largest absolute Gasteiger partial charge is 0.466 e. The van der Waals surface area contributed by atoms with Gasteiger partial charge in [0.05, 0.1) is 16.3 Å². The molecule has 0 saturated heterocycles. The van der Waals surface area contributed by atoms with Crippen molar-refractivity contribution in [3.8, 4) is 5.75 Å². The van der Waals surface area contributed by atoms with Crippen LogP contribution in [0.2, 0.25) is 0 Å². The second-order valence-corrected chi connectivity index (χ2v) is 8.43. The minimum atomic E-state index is -0.631. The maximum atomic E-state index is 13.3. The summed E-state index contributed by atoms with van der Waals surface area (Å²) in [6, 6.07) is 7.89. The first-order chi connectivity index (χ1) is 12.9. The van der Waals surface area contributed by atoms with Gasteiger partial charge in [0, 0.05) is 30.3 Å². The Balaban J connectivity index is 1.78. The highest BCUT2D eigenvalue weighted by Crippen LogP contribution is 2.42. The quantitative estimate of drug-likeness (QED) is 0.647. The SMILES string of the molecule is Cc1nn(C)c(C)c1/C=c1\sc2n(c1=O)[C@H]1C[C@](C)(N=2)Oc2ccccc21. The van der Waals surface area contributed by atoms with Gasteiger partial charge in [-0.3, -0.25) is 14.0 Å². The summed E-state index contributed by atoms with van der Waals surface area (Å²) in [6.07, 6.45) is 2.61. The van der Waals surface area contributed by atoms with E-state index in [0.717, 1.165) is 33.1 Å². The first kappa shape index (κ1) is 16.5. The summed E-state index contributed by atoms with van der Waals surface area (Å²) in [5.41, 5.74) is 3.38. The Bertz CT molecular complexity index is 1270. The van der Waals surface area contributed by atoms with Crippen LogP contribution in [0.25, 0.3) is 6.08 Å². The van der Waals surface area contributed by atoms with Gasteiger partial charge >= 0.3 is 0 Å². The monoisotopic (exact) mass is 380 g/mol. The number of thiazole rings is 1. The fraction of sp³-hybridized carbons (Fsp3) is 0.350. The molecule has 0 fully saturated rings. The topological polar surface area (TPSA) is 61.4 Å². The third-order valence-corrected chi connectivity index (χ3v) is 6.48. The minimum Gasteiger partial charge on any atom is -0.466 e. The van der Waals surface area contributed by atoms with Crippen molar-refractivity contribution >= 4 is 17.4 Å².